The van der Waals surface area contributed by atoms with Gasteiger partial charge in [-0.1, -0.05) is 24.2 Å². The second-order valence-electron chi connectivity index (χ2n) is 6.33. The summed E-state index contributed by atoms with van der Waals surface area (Å²) in [4.78, 5) is 20.0. The van der Waals surface area contributed by atoms with Crippen molar-refractivity contribution in [2.45, 2.75) is 6.92 Å². The van der Waals surface area contributed by atoms with E-state index in [1.54, 1.807) is 25.3 Å². The van der Waals surface area contributed by atoms with Gasteiger partial charge in [0.2, 0.25) is 11.9 Å². The van der Waals surface area contributed by atoms with Crippen LogP contribution in [0.25, 0.3) is 0 Å². The zero-order valence-electron chi connectivity index (χ0n) is 17.0. The molecule has 31 heavy (non-hydrogen) atoms. The molecule has 0 aliphatic rings. The van der Waals surface area contributed by atoms with Gasteiger partial charge in [-0.25, -0.2) is 10.4 Å². The van der Waals surface area contributed by atoms with Gasteiger partial charge in [-0.05, 0) is 61.0 Å². The molecule has 9 heteroatoms. The summed E-state index contributed by atoms with van der Waals surface area (Å²) in [5.41, 5.74) is 5.81. The fraction of sp³-hybridized carbons (Fsp3) is 0.0909. The molecule has 3 rings (SSSR count). The average molecular weight is 437 g/mol. The Bertz CT molecular complexity index is 1120. The van der Waals surface area contributed by atoms with Crippen molar-refractivity contribution in [3.05, 3.63) is 78.0 Å². The molecule has 0 bridgehead atoms. The first-order chi connectivity index (χ1) is 15.0. The van der Waals surface area contributed by atoms with Gasteiger partial charge in [0.1, 0.15) is 10.8 Å². The van der Waals surface area contributed by atoms with Gasteiger partial charge < -0.3 is 15.4 Å². The molecule has 3 N–H and O–H groups in total. The topological polar surface area (TPSA) is 101 Å². The van der Waals surface area contributed by atoms with Crippen molar-refractivity contribution in [1.82, 2.24) is 9.97 Å². The smallest absolute Gasteiger partial charge is 0.247 e. The van der Waals surface area contributed by atoms with Crippen LogP contribution < -0.4 is 20.8 Å². The van der Waals surface area contributed by atoms with Crippen molar-refractivity contribution in [2.24, 2.45) is 5.10 Å². The zero-order chi connectivity index (χ0) is 22.2. The third-order valence-electron chi connectivity index (χ3n) is 4.15. The molecule has 0 atom stereocenters. The molecule has 158 valence electrons. The summed E-state index contributed by atoms with van der Waals surface area (Å²) >= 11 is 6.23. The van der Waals surface area contributed by atoms with E-state index in [1.165, 1.54) is 12.3 Å². The summed E-state index contributed by atoms with van der Waals surface area (Å²) in [5, 5.41) is 10.5. The third-order valence-corrected chi connectivity index (χ3v) is 4.43. The molecule has 3 aromatic rings. The van der Waals surface area contributed by atoms with Crippen LogP contribution in [0, 0.1) is 0 Å². The second-order valence-corrected chi connectivity index (χ2v) is 6.73. The van der Waals surface area contributed by atoms with Gasteiger partial charge in [0.05, 0.1) is 19.0 Å². The highest BCUT2D eigenvalue weighted by Crippen LogP contribution is 2.25. The molecule has 0 aliphatic carbocycles. The number of hydrogen-bond acceptors (Lipinski definition) is 7. The molecule has 1 aromatic heterocycles. The Labute approximate surface area is 185 Å². The lowest BCUT2D eigenvalue weighted by molar-refractivity contribution is -0.111. The lowest BCUT2D eigenvalue weighted by Gasteiger charge is -2.10. The Balaban J connectivity index is 1.73. The van der Waals surface area contributed by atoms with Crippen molar-refractivity contribution in [3.8, 4) is 5.75 Å². The molecule has 0 aliphatic heterocycles. The molecule has 0 fully saturated rings. The van der Waals surface area contributed by atoms with Gasteiger partial charge in [-0.3, -0.25) is 4.79 Å². The number of carbonyl (C=O) groups excluding carboxylic acids is 1. The van der Waals surface area contributed by atoms with Crippen LogP contribution in [0.15, 0.2) is 72.5 Å². The van der Waals surface area contributed by atoms with Gasteiger partial charge in [-0.15, -0.1) is 0 Å². The van der Waals surface area contributed by atoms with Crippen LogP contribution in [0.5, 0.6) is 5.75 Å². The maximum absolute atomic E-state index is 11.5. The second kappa shape index (κ2) is 10.2. The van der Waals surface area contributed by atoms with E-state index in [4.69, 9.17) is 16.3 Å². The Morgan fingerprint density at radius 3 is 2.65 bits per heavy atom. The quantitative estimate of drug-likeness (QED) is 0.265. The van der Waals surface area contributed by atoms with Crippen LogP contribution in [0.3, 0.4) is 0 Å². The van der Waals surface area contributed by atoms with E-state index >= 15 is 0 Å². The van der Waals surface area contributed by atoms with Crippen LogP contribution in [0.1, 0.15) is 12.5 Å². The maximum Gasteiger partial charge on any atom is 0.247 e. The molecule has 0 unspecified atom stereocenters. The fourth-order valence-electron chi connectivity index (χ4n) is 2.54. The number of hydrogen-bond donors (Lipinski definition) is 3. The zero-order valence-corrected chi connectivity index (χ0v) is 17.8. The molecule has 0 saturated carbocycles. The standard InChI is InChI=1S/C22H21ClN6O2/c1-4-20(30)25-16-6-5-7-17(12-16)26-21-19(23)13-24-22(27-21)29-28-14(2)15-8-10-18(31-3)11-9-15/h4-13H,1H2,2-3H3,(H,25,30)(H2,24,26,27,29)/b28-14+. The first-order valence-electron chi connectivity index (χ1n) is 9.26. The Kier molecular flexibility index (Phi) is 7.18. The van der Waals surface area contributed by atoms with E-state index in [1.807, 2.05) is 37.3 Å². The number of halogens is 1. The molecule has 1 heterocycles. The maximum atomic E-state index is 11.5. The number of nitrogens with zero attached hydrogens (tertiary/aromatic N) is 3. The monoisotopic (exact) mass is 436 g/mol. The minimum atomic E-state index is -0.297. The summed E-state index contributed by atoms with van der Waals surface area (Å²) in [7, 11) is 1.62. The predicted octanol–water partition coefficient (Wildman–Crippen LogP) is 4.84. The van der Waals surface area contributed by atoms with Gasteiger partial charge in [0, 0.05) is 11.4 Å². The molecule has 8 nitrogen and oxygen atoms in total. The van der Waals surface area contributed by atoms with Crippen LogP contribution in [-0.2, 0) is 4.79 Å². The SMILES string of the molecule is C=CC(=O)Nc1cccc(Nc2nc(N/N=C(\C)c3ccc(OC)cc3)ncc2Cl)c1. The lowest BCUT2D eigenvalue weighted by Crippen LogP contribution is -2.07. The number of ether oxygens (including phenoxy) is 1. The molecule has 0 radical (unpaired) electrons. The van der Waals surface area contributed by atoms with Crippen molar-refractivity contribution in [3.63, 3.8) is 0 Å². The minimum Gasteiger partial charge on any atom is -0.497 e. The largest absolute Gasteiger partial charge is 0.497 e. The summed E-state index contributed by atoms with van der Waals surface area (Å²) in [5.74, 6) is 1.14. The molecule has 0 saturated heterocycles. The van der Waals surface area contributed by atoms with Gasteiger partial charge in [-0.2, -0.15) is 10.1 Å². The molecule has 0 spiro atoms. The normalized spacial score (nSPS) is 10.9. The Morgan fingerprint density at radius 2 is 1.94 bits per heavy atom. The van der Waals surface area contributed by atoms with E-state index in [-0.39, 0.29) is 11.9 Å². The molecule has 2 aromatic carbocycles. The Morgan fingerprint density at radius 1 is 1.19 bits per heavy atom. The van der Waals surface area contributed by atoms with Gasteiger partial charge in [0.15, 0.2) is 5.82 Å². The number of aromatic nitrogens is 2. The average Bonchev–Trinajstić information content (AvgIpc) is 2.79. The number of rotatable bonds is 8. The number of anilines is 4. The van der Waals surface area contributed by atoms with Crippen LogP contribution in [0.2, 0.25) is 5.02 Å². The fourth-order valence-corrected chi connectivity index (χ4v) is 2.68. The summed E-state index contributed by atoms with van der Waals surface area (Å²) in [6.07, 6.45) is 2.68. The number of nitrogens with one attached hydrogen (secondary N) is 3. The minimum absolute atomic E-state index is 0.274. The van der Waals surface area contributed by atoms with E-state index in [2.05, 4.69) is 37.7 Å². The van der Waals surface area contributed by atoms with Gasteiger partial charge >= 0.3 is 0 Å². The lowest BCUT2D eigenvalue weighted by atomic mass is 10.1. The van der Waals surface area contributed by atoms with Crippen molar-refractivity contribution in [1.29, 1.82) is 0 Å². The number of amides is 1. The van der Waals surface area contributed by atoms with E-state index in [0.717, 1.165) is 17.0 Å². The van der Waals surface area contributed by atoms with E-state index in [9.17, 15) is 4.79 Å². The molecule has 1 amide bonds. The summed E-state index contributed by atoms with van der Waals surface area (Å²) in [6, 6.07) is 14.7. The first-order valence-corrected chi connectivity index (χ1v) is 9.64. The Hall–Kier alpha value is -3.91. The van der Waals surface area contributed by atoms with E-state index in [0.29, 0.717) is 22.2 Å². The summed E-state index contributed by atoms with van der Waals surface area (Å²) in [6.45, 7) is 5.31. The van der Waals surface area contributed by atoms with Crippen molar-refractivity contribution < 1.29 is 9.53 Å². The third kappa shape index (κ3) is 6.03. The molecular weight excluding hydrogens is 416 g/mol. The van der Waals surface area contributed by atoms with Crippen LogP contribution in [-0.4, -0.2) is 28.7 Å². The predicted molar refractivity (Wildman–Crippen MR) is 124 cm³/mol. The van der Waals surface area contributed by atoms with Crippen molar-refractivity contribution in [2.75, 3.05) is 23.2 Å². The highest BCUT2D eigenvalue weighted by molar-refractivity contribution is 6.32. The first kappa shape index (κ1) is 21.8. The number of methoxy groups -OCH3 is 1. The molecular formula is C22H21ClN6O2. The van der Waals surface area contributed by atoms with E-state index < -0.39 is 0 Å². The number of carbonyl (C=O) groups is 1. The van der Waals surface area contributed by atoms with Crippen LogP contribution in [0.4, 0.5) is 23.1 Å². The number of benzene rings is 2. The number of hydrazone groups is 1. The summed E-state index contributed by atoms with van der Waals surface area (Å²) < 4.78 is 5.16. The van der Waals surface area contributed by atoms with Crippen LogP contribution >= 0.6 is 11.6 Å². The van der Waals surface area contributed by atoms with Gasteiger partial charge in [0.25, 0.3) is 0 Å². The van der Waals surface area contributed by atoms with Crippen molar-refractivity contribution >= 4 is 46.4 Å². The highest BCUT2D eigenvalue weighted by Gasteiger charge is 2.07. The highest BCUT2D eigenvalue weighted by atomic mass is 35.5.